The van der Waals surface area contributed by atoms with Crippen LogP contribution in [0.2, 0.25) is 0 Å². The number of nitrogens with one attached hydrogen (secondary N) is 1. The van der Waals surface area contributed by atoms with Gasteiger partial charge in [0, 0.05) is 25.8 Å². The third-order valence-electron chi connectivity index (χ3n) is 4.39. The van der Waals surface area contributed by atoms with Crippen molar-refractivity contribution in [3.63, 3.8) is 0 Å². The van der Waals surface area contributed by atoms with Crippen LogP contribution in [-0.4, -0.2) is 88.4 Å². The number of hydrogen-bond acceptors (Lipinski definition) is 7. The van der Waals surface area contributed by atoms with Crippen molar-refractivity contribution in [2.24, 2.45) is 10.8 Å². The highest BCUT2D eigenvalue weighted by Crippen LogP contribution is 2.29. The number of amides is 4. The van der Waals surface area contributed by atoms with Crippen molar-refractivity contribution in [3.05, 3.63) is 0 Å². The minimum Gasteiger partial charge on any atom is -0.368 e. The molecule has 2 saturated heterocycles. The molecule has 0 saturated carbocycles. The van der Waals surface area contributed by atoms with Crippen molar-refractivity contribution in [1.82, 2.24) is 25.0 Å². The normalized spacial score (nSPS) is 31.2. The van der Waals surface area contributed by atoms with E-state index >= 15 is 0 Å². The lowest BCUT2D eigenvalue weighted by atomic mass is 10.1. The molecule has 2 fully saturated rings. The number of imide groups is 1. The third-order valence-corrected chi connectivity index (χ3v) is 4.39. The summed E-state index contributed by atoms with van der Waals surface area (Å²) in [6, 6.07) is -0.839. The molecule has 126 valence electrons. The molecule has 3 aliphatic heterocycles. The molecule has 0 radical (unpaired) electrons. The van der Waals surface area contributed by atoms with Gasteiger partial charge in [0.25, 0.3) is 5.91 Å². The van der Waals surface area contributed by atoms with E-state index in [0.29, 0.717) is 13.1 Å². The Hall–Kier alpha value is -2.20. The number of nitrogens with two attached hydrogens (primary N) is 1. The van der Waals surface area contributed by atoms with Gasteiger partial charge in [-0.3, -0.25) is 24.8 Å². The van der Waals surface area contributed by atoms with Crippen molar-refractivity contribution in [2.45, 2.75) is 32.3 Å². The Kier molecular flexibility index (Phi) is 3.72. The van der Waals surface area contributed by atoms with Crippen molar-refractivity contribution in [2.75, 3.05) is 26.7 Å². The Morgan fingerprint density at radius 1 is 1.43 bits per heavy atom. The van der Waals surface area contributed by atoms with E-state index in [9.17, 15) is 14.4 Å². The molecule has 3 rings (SSSR count). The van der Waals surface area contributed by atoms with Crippen LogP contribution in [0.5, 0.6) is 0 Å². The number of fused-ring (bicyclic) bond motifs is 3. The Balaban J connectivity index is 1.94. The van der Waals surface area contributed by atoms with Crippen molar-refractivity contribution < 1.29 is 14.4 Å². The number of primary amides is 1. The SMILES string of the molecule is CCN1C(=O)C2C(NC3N(CC(N)=O)N=C(C)CN23)N(C)C1=O. The minimum absolute atomic E-state index is 0.0612. The summed E-state index contributed by atoms with van der Waals surface area (Å²) in [5.41, 5.74) is 6.06. The highest BCUT2D eigenvalue weighted by Gasteiger charge is 2.56. The summed E-state index contributed by atoms with van der Waals surface area (Å²) >= 11 is 0. The second-order valence-corrected chi connectivity index (χ2v) is 5.98. The molecule has 0 bridgehead atoms. The summed E-state index contributed by atoms with van der Waals surface area (Å²) in [6.45, 7) is 4.35. The molecular weight excluding hydrogens is 302 g/mol. The molecule has 0 spiro atoms. The Bertz CT molecular complexity index is 592. The lowest BCUT2D eigenvalue weighted by Crippen LogP contribution is -2.66. The minimum atomic E-state index is -0.511. The zero-order chi connectivity index (χ0) is 16.9. The molecular formula is C13H21N7O3. The lowest BCUT2D eigenvalue weighted by Gasteiger charge is -2.42. The summed E-state index contributed by atoms with van der Waals surface area (Å²) in [4.78, 5) is 41.0. The smallest absolute Gasteiger partial charge is 0.327 e. The summed E-state index contributed by atoms with van der Waals surface area (Å²) < 4.78 is 0. The number of hydrogen-bond donors (Lipinski definition) is 2. The van der Waals surface area contributed by atoms with Gasteiger partial charge >= 0.3 is 6.03 Å². The van der Waals surface area contributed by atoms with Crippen LogP contribution < -0.4 is 11.1 Å². The molecule has 4 amide bonds. The fourth-order valence-corrected chi connectivity index (χ4v) is 3.42. The zero-order valence-corrected chi connectivity index (χ0v) is 13.4. The third kappa shape index (κ3) is 2.34. The molecule has 0 aromatic rings. The molecule has 3 atom stereocenters. The van der Waals surface area contributed by atoms with E-state index in [2.05, 4.69) is 10.4 Å². The van der Waals surface area contributed by atoms with Crippen molar-refractivity contribution in [1.29, 1.82) is 0 Å². The molecule has 10 heteroatoms. The number of nitrogens with zero attached hydrogens (tertiary/aromatic N) is 5. The fraction of sp³-hybridized carbons (Fsp3) is 0.692. The number of rotatable bonds is 3. The van der Waals surface area contributed by atoms with Gasteiger partial charge in [-0.15, -0.1) is 0 Å². The maximum atomic E-state index is 12.7. The van der Waals surface area contributed by atoms with Gasteiger partial charge in [-0.2, -0.15) is 5.10 Å². The van der Waals surface area contributed by atoms with Crippen LogP contribution in [0.15, 0.2) is 5.10 Å². The van der Waals surface area contributed by atoms with Crippen LogP contribution in [0.1, 0.15) is 13.8 Å². The highest BCUT2D eigenvalue weighted by molar-refractivity contribution is 6.01. The maximum absolute atomic E-state index is 12.7. The Labute approximate surface area is 133 Å². The number of carbonyl (C=O) groups excluding carboxylic acids is 3. The van der Waals surface area contributed by atoms with Gasteiger partial charge in [0.1, 0.15) is 18.8 Å². The van der Waals surface area contributed by atoms with Gasteiger partial charge in [0.15, 0.2) is 6.29 Å². The number of likely N-dealkylation sites (N-methyl/N-ethyl adjacent to an activating group) is 2. The second kappa shape index (κ2) is 5.46. The first-order valence-corrected chi connectivity index (χ1v) is 7.54. The largest absolute Gasteiger partial charge is 0.368 e. The quantitative estimate of drug-likeness (QED) is 0.618. The first kappa shape index (κ1) is 15.7. The topological polar surface area (TPSA) is 115 Å². The molecule has 3 N–H and O–H groups in total. The van der Waals surface area contributed by atoms with Crippen LogP contribution in [0.25, 0.3) is 0 Å². The van der Waals surface area contributed by atoms with Crippen molar-refractivity contribution in [3.8, 4) is 0 Å². The summed E-state index contributed by atoms with van der Waals surface area (Å²) in [7, 11) is 1.66. The van der Waals surface area contributed by atoms with E-state index in [1.807, 2.05) is 11.8 Å². The molecule has 0 aromatic heterocycles. The van der Waals surface area contributed by atoms with Gasteiger partial charge < -0.3 is 10.6 Å². The predicted molar refractivity (Wildman–Crippen MR) is 80.8 cm³/mol. The average molecular weight is 323 g/mol. The second-order valence-electron chi connectivity index (χ2n) is 5.98. The Morgan fingerprint density at radius 3 is 2.74 bits per heavy atom. The van der Waals surface area contributed by atoms with Gasteiger partial charge in [-0.1, -0.05) is 0 Å². The molecule has 23 heavy (non-hydrogen) atoms. The highest BCUT2D eigenvalue weighted by atomic mass is 16.2. The van der Waals surface area contributed by atoms with Gasteiger partial charge in [-0.05, 0) is 13.8 Å². The van der Waals surface area contributed by atoms with Crippen LogP contribution in [-0.2, 0) is 9.59 Å². The Morgan fingerprint density at radius 2 is 2.13 bits per heavy atom. The predicted octanol–water partition coefficient (Wildman–Crippen LogP) is -2.04. The standard InChI is InChI=1S/C13H21N7O3/c1-4-18-11(22)9-10(17(3)13(18)23)15-12-19(9)5-7(2)16-20(12)6-8(14)21/h9-10,12,15H,4-6H2,1-3H3,(H2,14,21). The molecule has 3 aliphatic rings. The van der Waals surface area contributed by atoms with E-state index in [4.69, 9.17) is 5.73 Å². The summed E-state index contributed by atoms with van der Waals surface area (Å²) in [5.74, 6) is -0.740. The van der Waals surface area contributed by atoms with Crippen LogP contribution in [0.3, 0.4) is 0 Å². The van der Waals surface area contributed by atoms with Gasteiger partial charge in [0.2, 0.25) is 5.91 Å². The maximum Gasteiger partial charge on any atom is 0.327 e. The fourth-order valence-electron chi connectivity index (χ4n) is 3.42. The van der Waals surface area contributed by atoms with Crippen LogP contribution in [0.4, 0.5) is 4.79 Å². The number of urea groups is 1. The van der Waals surface area contributed by atoms with Crippen LogP contribution >= 0.6 is 0 Å². The molecule has 3 unspecified atom stereocenters. The monoisotopic (exact) mass is 323 g/mol. The van der Waals surface area contributed by atoms with Crippen molar-refractivity contribution >= 4 is 23.6 Å². The number of hydrazone groups is 1. The van der Waals surface area contributed by atoms with E-state index in [1.165, 1.54) is 14.8 Å². The first-order chi connectivity index (χ1) is 10.8. The molecule has 10 nitrogen and oxygen atoms in total. The van der Waals surface area contributed by atoms with E-state index in [1.54, 1.807) is 14.0 Å². The van der Waals surface area contributed by atoms with E-state index in [-0.39, 0.29) is 18.5 Å². The van der Waals surface area contributed by atoms with Gasteiger partial charge in [-0.25, -0.2) is 9.69 Å². The number of carbonyl (C=O) groups is 3. The van der Waals surface area contributed by atoms with E-state index in [0.717, 1.165) is 5.71 Å². The zero-order valence-electron chi connectivity index (χ0n) is 13.4. The summed E-state index contributed by atoms with van der Waals surface area (Å²) in [6.07, 6.45) is -0.906. The molecule has 0 aromatic carbocycles. The van der Waals surface area contributed by atoms with E-state index < -0.39 is 24.4 Å². The first-order valence-electron chi connectivity index (χ1n) is 7.54. The molecule has 3 heterocycles. The lowest BCUT2D eigenvalue weighted by molar-refractivity contribution is -0.138. The summed E-state index contributed by atoms with van der Waals surface area (Å²) in [5, 5.41) is 9.10. The average Bonchev–Trinajstić information content (AvgIpc) is 2.84. The van der Waals surface area contributed by atoms with Crippen LogP contribution in [0, 0.1) is 0 Å². The molecule has 0 aliphatic carbocycles. The van der Waals surface area contributed by atoms with Gasteiger partial charge in [0.05, 0.1) is 0 Å².